The molecule has 2 aliphatic heterocycles. The molecule has 0 radical (unpaired) electrons. The molecule has 3 amide bonds. The molecule has 1 unspecified atom stereocenters. The summed E-state index contributed by atoms with van der Waals surface area (Å²) < 4.78 is 5.45. The van der Waals surface area contributed by atoms with Gasteiger partial charge >= 0.3 is 6.03 Å². The molecule has 0 aliphatic carbocycles. The summed E-state index contributed by atoms with van der Waals surface area (Å²) >= 11 is 0. The van der Waals surface area contributed by atoms with Gasteiger partial charge in [0, 0.05) is 25.6 Å². The lowest BCUT2D eigenvalue weighted by molar-refractivity contribution is -0.130. The molecule has 2 saturated heterocycles. The smallest absolute Gasteiger partial charge is 0.325 e. The van der Waals surface area contributed by atoms with E-state index in [0.717, 1.165) is 25.3 Å². The fourth-order valence-corrected chi connectivity index (χ4v) is 3.05. The van der Waals surface area contributed by atoms with Crippen LogP contribution >= 0.6 is 0 Å². The predicted octanol–water partition coefficient (Wildman–Crippen LogP) is 1.40. The summed E-state index contributed by atoms with van der Waals surface area (Å²) in [5.41, 5.74) is -0.779. The van der Waals surface area contributed by atoms with E-state index in [4.69, 9.17) is 4.42 Å². The van der Waals surface area contributed by atoms with Gasteiger partial charge in [0.1, 0.15) is 11.3 Å². The number of hydrogen-bond donors (Lipinski definition) is 1. The molecule has 0 saturated carbocycles. The number of rotatable bonds is 4. The zero-order valence-corrected chi connectivity index (χ0v) is 12.5. The minimum atomic E-state index is -0.779. The Hall–Kier alpha value is -1.82. The fourth-order valence-electron chi connectivity index (χ4n) is 3.05. The summed E-state index contributed by atoms with van der Waals surface area (Å²) in [7, 11) is 0. The van der Waals surface area contributed by atoms with E-state index >= 15 is 0 Å². The number of furan rings is 1. The number of amides is 3. The van der Waals surface area contributed by atoms with Crippen LogP contribution in [0, 0.1) is 0 Å². The van der Waals surface area contributed by atoms with Gasteiger partial charge in [-0.25, -0.2) is 4.79 Å². The Labute approximate surface area is 124 Å². The summed E-state index contributed by atoms with van der Waals surface area (Å²) in [6, 6.07) is 3.63. The largest absolute Gasteiger partial charge is 0.469 e. The number of nitrogens with one attached hydrogen (secondary N) is 1. The molecular weight excluding hydrogens is 270 g/mol. The van der Waals surface area contributed by atoms with Gasteiger partial charge in [0.25, 0.3) is 5.91 Å². The van der Waals surface area contributed by atoms with E-state index < -0.39 is 5.54 Å². The highest BCUT2D eigenvalue weighted by Gasteiger charge is 2.44. The molecule has 0 spiro atoms. The van der Waals surface area contributed by atoms with Crippen molar-refractivity contribution in [1.82, 2.24) is 15.1 Å². The standard InChI is InChI=1S/C15H21N3O3/c1-15(2)13(19)18(14(20)16-15)8-7-17-6-5-11(10-17)12-4-3-9-21-12/h3-4,9,11H,5-8,10H2,1-2H3,(H,16,20). The van der Waals surface area contributed by atoms with Crippen molar-refractivity contribution in [2.24, 2.45) is 0 Å². The van der Waals surface area contributed by atoms with Crippen molar-refractivity contribution in [2.45, 2.75) is 31.7 Å². The lowest BCUT2D eigenvalue weighted by atomic mass is 10.1. The van der Waals surface area contributed by atoms with Crippen LogP contribution in [-0.2, 0) is 4.79 Å². The Balaban J connectivity index is 1.53. The molecule has 6 nitrogen and oxygen atoms in total. The van der Waals surface area contributed by atoms with E-state index in [9.17, 15) is 9.59 Å². The van der Waals surface area contributed by atoms with Crippen LogP contribution in [0.4, 0.5) is 4.79 Å². The molecule has 2 fully saturated rings. The van der Waals surface area contributed by atoms with E-state index in [0.29, 0.717) is 19.0 Å². The van der Waals surface area contributed by atoms with Gasteiger partial charge in [0.05, 0.1) is 6.26 Å². The first-order valence-electron chi connectivity index (χ1n) is 7.37. The molecule has 1 aromatic heterocycles. The third kappa shape index (κ3) is 2.68. The van der Waals surface area contributed by atoms with E-state index in [2.05, 4.69) is 10.2 Å². The zero-order chi connectivity index (χ0) is 15.0. The van der Waals surface area contributed by atoms with Crippen molar-refractivity contribution in [3.63, 3.8) is 0 Å². The molecule has 0 aromatic carbocycles. The molecule has 3 rings (SSSR count). The van der Waals surface area contributed by atoms with Gasteiger partial charge in [-0.2, -0.15) is 0 Å². The van der Waals surface area contributed by atoms with Gasteiger partial charge in [0.2, 0.25) is 0 Å². The van der Waals surface area contributed by atoms with Crippen LogP contribution in [0.5, 0.6) is 0 Å². The number of hydrogen-bond acceptors (Lipinski definition) is 4. The van der Waals surface area contributed by atoms with Crippen LogP contribution in [0.2, 0.25) is 0 Å². The Morgan fingerprint density at radius 3 is 2.81 bits per heavy atom. The highest BCUT2D eigenvalue weighted by Crippen LogP contribution is 2.27. The van der Waals surface area contributed by atoms with E-state index in [1.54, 1.807) is 20.1 Å². The summed E-state index contributed by atoms with van der Waals surface area (Å²) in [5.74, 6) is 1.29. The zero-order valence-electron chi connectivity index (χ0n) is 12.5. The molecule has 1 atom stereocenters. The van der Waals surface area contributed by atoms with Crippen LogP contribution in [0.15, 0.2) is 22.8 Å². The lowest BCUT2D eigenvalue weighted by Gasteiger charge is -2.20. The van der Waals surface area contributed by atoms with Crippen molar-refractivity contribution in [1.29, 1.82) is 0 Å². The third-order valence-corrected chi connectivity index (χ3v) is 4.30. The molecule has 21 heavy (non-hydrogen) atoms. The molecule has 6 heteroatoms. The first kappa shape index (κ1) is 14.1. The van der Waals surface area contributed by atoms with Gasteiger partial charge in [0.15, 0.2) is 0 Å². The molecular formula is C15H21N3O3. The number of likely N-dealkylation sites (tertiary alicyclic amines) is 1. The second-order valence-corrected chi connectivity index (χ2v) is 6.31. The van der Waals surface area contributed by atoms with Gasteiger partial charge in [-0.05, 0) is 38.9 Å². The monoisotopic (exact) mass is 291 g/mol. The molecule has 0 bridgehead atoms. The maximum atomic E-state index is 12.1. The first-order valence-corrected chi connectivity index (χ1v) is 7.37. The maximum absolute atomic E-state index is 12.1. The summed E-state index contributed by atoms with van der Waals surface area (Å²) in [4.78, 5) is 27.5. The SMILES string of the molecule is CC1(C)NC(=O)N(CCN2CCC(c3ccco3)C2)C1=O. The minimum Gasteiger partial charge on any atom is -0.469 e. The second kappa shape index (κ2) is 5.18. The normalized spacial score (nSPS) is 25.6. The molecule has 2 aliphatic rings. The van der Waals surface area contributed by atoms with Gasteiger partial charge in [-0.1, -0.05) is 0 Å². The van der Waals surface area contributed by atoms with Crippen LogP contribution in [0.25, 0.3) is 0 Å². The number of imide groups is 1. The van der Waals surface area contributed by atoms with Crippen molar-refractivity contribution < 1.29 is 14.0 Å². The summed E-state index contributed by atoms with van der Waals surface area (Å²) in [6.45, 7) is 6.51. The van der Waals surface area contributed by atoms with Gasteiger partial charge in [-0.15, -0.1) is 0 Å². The molecule has 3 heterocycles. The topological polar surface area (TPSA) is 65.8 Å². The average molecular weight is 291 g/mol. The predicted molar refractivity (Wildman–Crippen MR) is 76.8 cm³/mol. The summed E-state index contributed by atoms with van der Waals surface area (Å²) in [5, 5.41) is 2.70. The average Bonchev–Trinajstić information content (AvgIpc) is 3.11. The second-order valence-electron chi connectivity index (χ2n) is 6.31. The molecule has 1 aromatic rings. The maximum Gasteiger partial charge on any atom is 0.325 e. The van der Waals surface area contributed by atoms with Crippen LogP contribution < -0.4 is 5.32 Å². The Kier molecular flexibility index (Phi) is 3.49. The van der Waals surface area contributed by atoms with Gasteiger partial charge < -0.3 is 14.6 Å². The lowest BCUT2D eigenvalue weighted by Crippen LogP contribution is -2.41. The van der Waals surface area contributed by atoms with Gasteiger partial charge in [-0.3, -0.25) is 9.69 Å². The van der Waals surface area contributed by atoms with Crippen molar-refractivity contribution in [2.75, 3.05) is 26.2 Å². The number of carbonyl (C=O) groups is 2. The van der Waals surface area contributed by atoms with Crippen LogP contribution in [-0.4, -0.2) is 53.5 Å². The Bertz CT molecular complexity index is 538. The van der Waals surface area contributed by atoms with Crippen LogP contribution in [0.1, 0.15) is 31.9 Å². The minimum absolute atomic E-state index is 0.144. The highest BCUT2D eigenvalue weighted by atomic mass is 16.3. The van der Waals surface area contributed by atoms with E-state index in [1.807, 2.05) is 12.1 Å². The number of urea groups is 1. The van der Waals surface area contributed by atoms with E-state index in [1.165, 1.54) is 4.90 Å². The summed E-state index contributed by atoms with van der Waals surface area (Å²) in [6.07, 6.45) is 2.76. The van der Waals surface area contributed by atoms with E-state index in [-0.39, 0.29) is 11.9 Å². The van der Waals surface area contributed by atoms with Crippen LogP contribution in [0.3, 0.4) is 0 Å². The highest BCUT2D eigenvalue weighted by molar-refractivity contribution is 6.06. The number of carbonyl (C=O) groups excluding carboxylic acids is 2. The Morgan fingerprint density at radius 1 is 1.38 bits per heavy atom. The molecule has 1 N–H and O–H groups in total. The quantitative estimate of drug-likeness (QED) is 0.852. The van der Waals surface area contributed by atoms with Crippen molar-refractivity contribution in [3.05, 3.63) is 24.2 Å². The Morgan fingerprint density at radius 2 is 2.19 bits per heavy atom. The first-order chi connectivity index (χ1) is 9.97. The molecule has 114 valence electrons. The van der Waals surface area contributed by atoms with Crippen molar-refractivity contribution in [3.8, 4) is 0 Å². The number of nitrogens with zero attached hydrogens (tertiary/aromatic N) is 2. The third-order valence-electron chi connectivity index (χ3n) is 4.30. The van der Waals surface area contributed by atoms with Crippen molar-refractivity contribution >= 4 is 11.9 Å². The fraction of sp³-hybridized carbons (Fsp3) is 0.600.